The number of nitrogens with zero attached hydrogens (tertiary/aromatic N) is 2. The van der Waals surface area contributed by atoms with Crippen LogP contribution >= 0.6 is 0 Å². The van der Waals surface area contributed by atoms with E-state index in [4.69, 9.17) is 0 Å². The van der Waals surface area contributed by atoms with Crippen LogP contribution in [0.3, 0.4) is 0 Å². The first-order chi connectivity index (χ1) is 14.6. The average Bonchev–Trinajstić information content (AvgIpc) is 3.21. The first kappa shape index (κ1) is 27.3. The lowest BCUT2D eigenvalue weighted by Gasteiger charge is -2.23. The second-order valence-corrected chi connectivity index (χ2v) is 6.31. The van der Waals surface area contributed by atoms with Crippen molar-refractivity contribution in [3.8, 4) is 0 Å². The summed E-state index contributed by atoms with van der Waals surface area (Å²) in [5.74, 6) is 0.386. The molecule has 0 bridgehead atoms. The number of aromatic nitrogens is 2. The summed E-state index contributed by atoms with van der Waals surface area (Å²) in [6.45, 7) is 20.8. The minimum absolute atomic E-state index is 0.157. The Kier molecular flexibility index (Phi) is 14.7. The minimum atomic E-state index is -0.157. The topological polar surface area (TPSA) is 58.4 Å². The molecule has 0 aromatic carbocycles. The van der Waals surface area contributed by atoms with Gasteiger partial charge < -0.3 is 10.6 Å². The Morgan fingerprint density at radius 1 is 1.20 bits per heavy atom. The van der Waals surface area contributed by atoms with Crippen LogP contribution in [0.15, 0.2) is 61.6 Å². The van der Waals surface area contributed by atoms with Gasteiger partial charge in [-0.25, -0.2) is 4.98 Å². The molecule has 5 nitrogen and oxygen atoms in total. The van der Waals surface area contributed by atoms with Crippen molar-refractivity contribution in [3.63, 3.8) is 0 Å². The van der Waals surface area contributed by atoms with Crippen molar-refractivity contribution < 1.29 is 4.79 Å². The minimum Gasteiger partial charge on any atom is -0.325 e. The second-order valence-electron chi connectivity index (χ2n) is 6.31. The van der Waals surface area contributed by atoms with Crippen LogP contribution in [0.2, 0.25) is 0 Å². The third kappa shape index (κ3) is 8.37. The lowest BCUT2D eigenvalue weighted by atomic mass is 9.91. The van der Waals surface area contributed by atoms with Crippen LogP contribution in [0, 0.1) is 0 Å². The van der Waals surface area contributed by atoms with Gasteiger partial charge in [0, 0.05) is 11.9 Å². The fourth-order valence-corrected chi connectivity index (χ4v) is 3.02. The third-order valence-corrected chi connectivity index (χ3v) is 4.25. The molecular weight excluding hydrogens is 372 g/mol. The smallest absolute Gasteiger partial charge is 0.274 e. The zero-order valence-corrected chi connectivity index (χ0v) is 19.7. The predicted molar refractivity (Wildman–Crippen MR) is 130 cm³/mol. The molecule has 2 aromatic heterocycles. The van der Waals surface area contributed by atoms with Gasteiger partial charge in [0.05, 0.1) is 6.20 Å². The Bertz CT molecular complexity index is 799. The highest BCUT2D eigenvalue weighted by molar-refractivity contribution is 5.94. The number of hydrogen-bond donors (Lipinski definition) is 2. The Morgan fingerprint density at radius 3 is 2.37 bits per heavy atom. The number of piperidine rings is 1. The molecule has 5 heteroatoms. The molecule has 1 saturated heterocycles. The highest BCUT2D eigenvalue weighted by Crippen LogP contribution is 2.25. The predicted octanol–water partition coefficient (Wildman–Crippen LogP) is 5.87. The molecule has 3 heterocycles. The van der Waals surface area contributed by atoms with Crippen LogP contribution in [0.5, 0.6) is 0 Å². The van der Waals surface area contributed by atoms with Crippen molar-refractivity contribution in [2.75, 3.05) is 13.1 Å². The van der Waals surface area contributed by atoms with E-state index < -0.39 is 0 Å². The monoisotopic (exact) mass is 412 g/mol. The lowest BCUT2D eigenvalue weighted by molar-refractivity contribution is 0.0960. The van der Waals surface area contributed by atoms with Gasteiger partial charge in [0.2, 0.25) is 0 Å². The summed E-state index contributed by atoms with van der Waals surface area (Å²) in [4.78, 5) is 16.8. The van der Waals surface area contributed by atoms with Crippen molar-refractivity contribution >= 4 is 11.6 Å². The van der Waals surface area contributed by atoms with Crippen molar-refractivity contribution in [3.05, 3.63) is 72.9 Å². The maximum atomic E-state index is 12.4. The summed E-state index contributed by atoms with van der Waals surface area (Å²) < 4.78 is 1.88. The molecule has 0 spiro atoms. The third-order valence-electron chi connectivity index (χ3n) is 4.25. The van der Waals surface area contributed by atoms with Crippen LogP contribution in [0.25, 0.3) is 5.65 Å². The number of carbonyl (C=O) groups excluding carboxylic acids is 1. The lowest BCUT2D eigenvalue weighted by Crippen LogP contribution is -2.27. The van der Waals surface area contributed by atoms with Gasteiger partial charge in [0.15, 0.2) is 0 Å². The number of amides is 1. The number of imidazole rings is 1. The molecular formula is C25H40N4O. The van der Waals surface area contributed by atoms with Crippen molar-refractivity contribution in [1.29, 1.82) is 0 Å². The molecule has 1 amide bonds. The van der Waals surface area contributed by atoms with Crippen LogP contribution in [-0.2, 0) is 0 Å². The molecule has 1 aliphatic heterocycles. The molecule has 0 unspecified atom stereocenters. The van der Waals surface area contributed by atoms with Gasteiger partial charge in [0.25, 0.3) is 5.91 Å². The van der Waals surface area contributed by atoms with E-state index in [1.807, 2.05) is 52.0 Å². The normalized spacial score (nSPS) is 13.5. The van der Waals surface area contributed by atoms with Crippen LogP contribution < -0.4 is 10.6 Å². The van der Waals surface area contributed by atoms with Gasteiger partial charge in [-0.1, -0.05) is 52.5 Å². The molecule has 0 saturated carbocycles. The van der Waals surface area contributed by atoms with Crippen molar-refractivity contribution in [2.45, 2.75) is 60.3 Å². The van der Waals surface area contributed by atoms with Crippen LogP contribution in [0.1, 0.15) is 76.4 Å². The van der Waals surface area contributed by atoms with Gasteiger partial charge in [-0.2, -0.15) is 0 Å². The van der Waals surface area contributed by atoms with E-state index in [1.54, 1.807) is 24.4 Å². The van der Waals surface area contributed by atoms with E-state index in [-0.39, 0.29) is 5.91 Å². The summed E-state index contributed by atoms with van der Waals surface area (Å²) >= 11 is 0. The average molecular weight is 413 g/mol. The van der Waals surface area contributed by atoms with Crippen molar-refractivity contribution in [1.82, 2.24) is 20.0 Å². The van der Waals surface area contributed by atoms with E-state index in [9.17, 15) is 4.79 Å². The molecule has 30 heavy (non-hydrogen) atoms. The van der Waals surface area contributed by atoms with Gasteiger partial charge in [-0.3, -0.25) is 9.20 Å². The number of carbonyl (C=O) groups is 1. The molecule has 1 aliphatic rings. The fourth-order valence-electron chi connectivity index (χ4n) is 3.02. The summed E-state index contributed by atoms with van der Waals surface area (Å²) in [6.07, 6.45) is 11.1. The summed E-state index contributed by atoms with van der Waals surface area (Å²) in [5.41, 5.74) is 3.37. The van der Waals surface area contributed by atoms with Gasteiger partial charge >= 0.3 is 0 Å². The number of allylic oxidation sites excluding steroid dienone is 4. The molecule has 2 N–H and O–H groups in total. The van der Waals surface area contributed by atoms with Crippen LogP contribution in [-0.4, -0.2) is 28.4 Å². The van der Waals surface area contributed by atoms with Crippen molar-refractivity contribution in [2.24, 2.45) is 0 Å². The Labute approximate surface area is 183 Å². The number of fused-ring (bicyclic) bond motifs is 1. The number of nitrogens with one attached hydrogen (secondary N) is 2. The summed E-state index contributed by atoms with van der Waals surface area (Å²) in [6, 6.07) is 4.11. The highest BCUT2D eigenvalue weighted by atomic mass is 16.1. The zero-order valence-electron chi connectivity index (χ0n) is 19.7. The van der Waals surface area contributed by atoms with Crippen LogP contribution in [0.4, 0.5) is 0 Å². The molecule has 166 valence electrons. The fraction of sp³-hybridized carbons (Fsp3) is 0.440. The Balaban J connectivity index is 0.00000108. The zero-order chi connectivity index (χ0) is 22.9. The van der Waals surface area contributed by atoms with Gasteiger partial charge in [0.1, 0.15) is 11.3 Å². The SMILES string of the molecule is C=C/C=C(\C)NC(=O)c1cnc2ccc(C3CCNCC3)cn12.C=CC.CC.CC. The maximum absolute atomic E-state index is 12.4. The van der Waals surface area contributed by atoms with E-state index >= 15 is 0 Å². The second kappa shape index (κ2) is 16.2. The van der Waals surface area contributed by atoms with E-state index in [1.165, 1.54) is 5.56 Å². The molecule has 3 rings (SSSR count). The van der Waals surface area contributed by atoms with E-state index in [0.29, 0.717) is 11.6 Å². The molecule has 0 aliphatic carbocycles. The van der Waals surface area contributed by atoms with E-state index in [2.05, 4.69) is 41.0 Å². The standard InChI is InChI=1S/C18H22N4O.C3H6.2C2H6/c1-3-4-13(2)21-18(23)16-11-20-17-6-5-15(12-22(16)17)14-7-9-19-10-8-14;1-3-2;2*1-2/h3-6,11-12,14,19H,1,7-10H2,2H3,(H,21,23);3H,1H2,2H3;2*1-2H3/b13-4+;;;. The maximum Gasteiger partial charge on any atom is 0.274 e. The largest absolute Gasteiger partial charge is 0.325 e. The first-order valence-corrected chi connectivity index (χ1v) is 11.0. The highest BCUT2D eigenvalue weighted by Gasteiger charge is 2.18. The molecule has 1 fully saturated rings. The Hall–Kier alpha value is -2.66. The van der Waals surface area contributed by atoms with Gasteiger partial charge in [-0.15, -0.1) is 6.58 Å². The Morgan fingerprint density at radius 2 is 1.80 bits per heavy atom. The number of pyridine rings is 1. The molecule has 0 atom stereocenters. The van der Waals surface area contributed by atoms with E-state index in [0.717, 1.165) is 37.3 Å². The first-order valence-electron chi connectivity index (χ1n) is 11.0. The summed E-state index contributed by atoms with van der Waals surface area (Å²) in [5, 5.41) is 6.24. The molecule has 0 radical (unpaired) electrons. The molecule has 2 aromatic rings. The quantitative estimate of drug-likeness (QED) is 0.488. The number of rotatable bonds is 4. The van der Waals surface area contributed by atoms with Gasteiger partial charge in [-0.05, 0) is 63.4 Å². The number of hydrogen-bond acceptors (Lipinski definition) is 3. The summed E-state index contributed by atoms with van der Waals surface area (Å²) in [7, 11) is 0.